The third kappa shape index (κ3) is 7.93. The number of allylic oxidation sites excluding steroid dienone is 2. The summed E-state index contributed by atoms with van der Waals surface area (Å²) in [5.41, 5.74) is 3.49. The first-order chi connectivity index (χ1) is 15.6. The van der Waals surface area contributed by atoms with Crippen molar-refractivity contribution in [2.75, 3.05) is 6.61 Å². The van der Waals surface area contributed by atoms with E-state index in [4.69, 9.17) is 9.73 Å². The van der Waals surface area contributed by atoms with E-state index in [0.29, 0.717) is 6.04 Å². The lowest BCUT2D eigenvalue weighted by Crippen LogP contribution is -2.58. The zero-order valence-electron chi connectivity index (χ0n) is 21.9. The second-order valence-electron chi connectivity index (χ2n) is 11.6. The van der Waals surface area contributed by atoms with Gasteiger partial charge in [-0.2, -0.15) is 0 Å². The van der Waals surface area contributed by atoms with Gasteiger partial charge in [0.25, 0.3) is 0 Å². The molecule has 1 aromatic carbocycles. The van der Waals surface area contributed by atoms with Crippen molar-refractivity contribution in [2.45, 2.75) is 116 Å². The second-order valence-corrected chi connectivity index (χ2v) is 11.6. The number of piperidine rings is 1. The van der Waals surface area contributed by atoms with E-state index >= 15 is 0 Å². The number of ether oxygens (including phenoxy) is 1. The van der Waals surface area contributed by atoms with Crippen molar-refractivity contribution in [2.24, 2.45) is 4.99 Å². The van der Waals surface area contributed by atoms with E-state index in [2.05, 4.69) is 95.4 Å². The predicted octanol–water partition coefficient (Wildman–Crippen LogP) is 7.42. The SMILES string of the molecule is CCCCCCCOC1(C)C=CC(C(=NC2CC(C)(C)NC(C)(C)C2)c2ccccc2)=CC1. The van der Waals surface area contributed by atoms with Gasteiger partial charge in [0.15, 0.2) is 0 Å². The minimum absolute atomic E-state index is 0.0814. The predicted molar refractivity (Wildman–Crippen MR) is 142 cm³/mol. The Hall–Kier alpha value is -1.71. The minimum atomic E-state index is -0.213. The maximum atomic E-state index is 6.31. The number of benzene rings is 1. The molecule has 1 aromatic rings. The van der Waals surface area contributed by atoms with Crippen molar-refractivity contribution >= 4 is 5.71 Å². The third-order valence-electron chi connectivity index (χ3n) is 6.82. The topological polar surface area (TPSA) is 33.6 Å². The Kier molecular flexibility index (Phi) is 8.75. The van der Waals surface area contributed by atoms with E-state index in [1.165, 1.54) is 36.8 Å². The van der Waals surface area contributed by atoms with Crippen LogP contribution in [0.5, 0.6) is 0 Å². The van der Waals surface area contributed by atoms with Crippen LogP contribution in [0.3, 0.4) is 0 Å². The molecule has 1 atom stereocenters. The van der Waals surface area contributed by atoms with Crippen LogP contribution >= 0.6 is 0 Å². The summed E-state index contributed by atoms with van der Waals surface area (Å²) in [6.07, 6.45) is 16.2. The summed E-state index contributed by atoms with van der Waals surface area (Å²) in [7, 11) is 0. The van der Waals surface area contributed by atoms with Crippen LogP contribution in [-0.4, -0.2) is 35.0 Å². The molecule has 2 aliphatic rings. The zero-order valence-corrected chi connectivity index (χ0v) is 21.9. The highest BCUT2D eigenvalue weighted by Crippen LogP contribution is 2.32. The number of unbranched alkanes of at least 4 members (excludes halogenated alkanes) is 4. The van der Waals surface area contributed by atoms with Gasteiger partial charge in [0, 0.05) is 23.2 Å². The average Bonchev–Trinajstić information content (AvgIpc) is 2.74. The number of nitrogens with zero attached hydrogens (tertiary/aromatic N) is 1. The smallest absolute Gasteiger partial charge is 0.0872 e. The number of aliphatic imine (C=N–C) groups is 1. The van der Waals surface area contributed by atoms with Crippen molar-refractivity contribution in [3.63, 3.8) is 0 Å². The van der Waals surface area contributed by atoms with Crippen molar-refractivity contribution in [1.29, 1.82) is 0 Å². The molecular weight excluding hydrogens is 404 g/mol. The van der Waals surface area contributed by atoms with Crippen LogP contribution in [0.1, 0.15) is 98.5 Å². The standard InChI is InChI=1S/C30H46N2O/c1-7-8-9-10-14-21-33-30(6)19-17-25(18-20-30)27(24-15-12-11-13-16-24)31-26-22-28(2,3)32-29(4,5)23-26/h11-13,15-19,26,32H,7-10,14,20-23H2,1-6H3. The van der Waals surface area contributed by atoms with Crippen molar-refractivity contribution in [1.82, 2.24) is 5.32 Å². The van der Waals surface area contributed by atoms with Gasteiger partial charge in [-0.15, -0.1) is 0 Å². The van der Waals surface area contributed by atoms with Gasteiger partial charge in [-0.3, -0.25) is 4.99 Å². The van der Waals surface area contributed by atoms with Crippen LogP contribution < -0.4 is 5.32 Å². The van der Waals surface area contributed by atoms with E-state index in [9.17, 15) is 0 Å². The molecule has 1 saturated heterocycles. The highest BCUT2D eigenvalue weighted by molar-refractivity contribution is 6.14. The first-order valence-electron chi connectivity index (χ1n) is 13.1. The number of hydrogen-bond acceptors (Lipinski definition) is 3. The molecule has 0 amide bonds. The monoisotopic (exact) mass is 450 g/mol. The molecule has 3 heteroatoms. The molecule has 0 aromatic heterocycles. The summed E-state index contributed by atoms with van der Waals surface area (Å²) in [6.45, 7) is 14.5. The van der Waals surface area contributed by atoms with Crippen LogP contribution in [-0.2, 0) is 4.74 Å². The Morgan fingerprint density at radius 3 is 2.24 bits per heavy atom. The van der Waals surface area contributed by atoms with E-state index in [-0.39, 0.29) is 16.7 Å². The molecule has 1 N–H and O–H groups in total. The maximum absolute atomic E-state index is 6.31. The lowest BCUT2D eigenvalue weighted by Gasteiger charge is -2.45. The Balaban J connectivity index is 1.74. The Morgan fingerprint density at radius 2 is 1.64 bits per heavy atom. The largest absolute Gasteiger partial charge is 0.371 e. The zero-order chi connectivity index (χ0) is 24.0. The van der Waals surface area contributed by atoms with Gasteiger partial charge in [0.05, 0.1) is 17.4 Å². The number of hydrogen-bond donors (Lipinski definition) is 1. The van der Waals surface area contributed by atoms with Gasteiger partial charge in [0.1, 0.15) is 0 Å². The van der Waals surface area contributed by atoms with E-state index in [1.807, 2.05) is 0 Å². The van der Waals surface area contributed by atoms with Gasteiger partial charge >= 0.3 is 0 Å². The molecule has 182 valence electrons. The van der Waals surface area contributed by atoms with Gasteiger partial charge in [-0.1, -0.05) is 81.2 Å². The quantitative estimate of drug-likeness (QED) is 0.297. The van der Waals surface area contributed by atoms with Crippen LogP contribution in [0.25, 0.3) is 0 Å². The highest BCUT2D eigenvalue weighted by Gasteiger charge is 2.38. The van der Waals surface area contributed by atoms with Gasteiger partial charge in [-0.25, -0.2) is 0 Å². The second kappa shape index (κ2) is 11.1. The van der Waals surface area contributed by atoms with Crippen molar-refractivity contribution in [3.05, 3.63) is 59.7 Å². The molecule has 0 spiro atoms. The van der Waals surface area contributed by atoms with E-state index < -0.39 is 0 Å². The summed E-state index contributed by atoms with van der Waals surface area (Å²) in [6, 6.07) is 11.0. The lowest BCUT2D eigenvalue weighted by atomic mass is 9.79. The Bertz CT molecular complexity index is 833. The maximum Gasteiger partial charge on any atom is 0.0872 e. The summed E-state index contributed by atoms with van der Waals surface area (Å²) in [4.78, 5) is 5.39. The number of nitrogens with one attached hydrogen (secondary N) is 1. The first kappa shape index (κ1) is 25.9. The molecular formula is C30H46N2O. The molecule has 33 heavy (non-hydrogen) atoms. The fourth-order valence-electron chi connectivity index (χ4n) is 5.46. The molecule has 3 rings (SSSR count). The van der Waals surface area contributed by atoms with Crippen LogP contribution in [0.2, 0.25) is 0 Å². The summed E-state index contributed by atoms with van der Waals surface area (Å²) < 4.78 is 6.31. The molecule has 1 heterocycles. The molecule has 1 unspecified atom stereocenters. The van der Waals surface area contributed by atoms with Crippen LogP contribution in [0.15, 0.2) is 59.1 Å². The molecule has 1 fully saturated rings. The molecule has 0 saturated carbocycles. The first-order valence-corrected chi connectivity index (χ1v) is 13.1. The minimum Gasteiger partial charge on any atom is -0.371 e. The van der Waals surface area contributed by atoms with Gasteiger partial charge in [-0.05, 0) is 65.9 Å². The van der Waals surface area contributed by atoms with Crippen molar-refractivity contribution < 1.29 is 4.74 Å². The van der Waals surface area contributed by atoms with Crippen LogP contribution in [0.4, 0.5) is 0 Å². The van der Waals surface area contributed by atoms with E-state index in [1.54, 1.807) is 0 Å². The fourth-order valence-corrected chi connectivity index (χ4v) is 5.46. The molecule has 0 bridgehead atoms. The molecule has 1 aliphatic carbocycles. The van der Waals surface area contributed by atoms with Gasteiger partial charge in [0.2, 0.25) is 0 Å². The molecule has 1 aliphatic heterocycles. The Morgan fingerprint density at radius 1 is 0.970 bits per heavy atom. The van der Waals surface area contributed by atoms with Gasteiger partial charge < -0.3 is 10.1 Å². The number of rotatable bonds is 10. The highest BCUT2D eigenvalue weighted by atomic mass is 16.5. The van der Waals surface area contributed by atoms with Crippen molar-refractivity contribution in [3.8, 4) is 0 Å². The Labute approximate surface area is 202 Å². The lowest BCUT2D eigenvalue weighted by molar-refractivity contribution is 0.00478. The summed E-state index contributed by atoms with van der Waals surface area (Å²) >= 11 is 0. The normalized spacial score (nSPS) is 25.2. The molecule has 3 nitrogen and oxygen atoms in total. The fraction of sp³-hybridized carbons (Fsp3) is 0.633. The summed E-state index contributed by atoms with van der Waals surface area (Å²) in [5.74, 6) is 0. The average molecular weight is 451 g/mol. The summed E-state index contributed by atoms with van der Waals surface area (Å²) in [5, 5.41) is 3.79. The van der Waals surface area contributed by atoms with E-state index in [0.717, 1.165) is 38.0 Å². The molecule has 0 radical (unpaired) electrons. The third-order valence-corrected chi connectivity index (χ3v) is 6.82. The van der Waals surface area contributed by atoms with Crippen LogP contribution in [0, 0.1) is 0 Å².